The fourth-order valence-corrected chi connectivity index (χ4v) is 1.36. The number of carbonyl (C=O) groups is 1. The lowest BCUT2D eigenvalue weighted by molar-refractivity contribution is -0.118. The predicted molar refractivity (Wildman–Crippen MR) is 83.3 cm³/mol. The van der Waals surface area contributed by atoms with Crippen molar-refractivity contribution in [1.82, 2.24) is 9.88 Å². The highest BCUT2D eigenvalue weighted by atomic mass is 16.5. The zero-order valence-corrected chi connectivity index (χ0v) is 13.2. The molecule has 0 aromatic carbocycles. The van der Waals surface area contributed by atoms with Crippen LogP contribution in [0.1, 0.15) is 25.5 Å². The molecule has 0 aliphatic carbocycles. The molecule has 1 rings (SSSR count). The molecule has 1 atom stereocenters. The lowest BCUT2D eigenvalue weighted by atomic mass is 10.2. The number of amides is 1. The highest BCUT2D eigenvalue weighted by Crippen LogP contribution is 2.13. The molecule has 21 heavy (non-hydrogen) atoms. The molecule has 0 N–H and O–H groups in total. The maximum atomic E-state index is 10.1. The zero-order chi connectivity index (χ0) is 15.9. The zero-order valence-electron chi connectivity index (χ0n) is 13.2. The lowest BCUT2D eigenvalue weighted by Crippen LogP contribution is -2.25. The average Bonchev–Trinajstić information content (AvgIpc) is 2.55. The van der Waals surface area contributed by atoms with Crippen molar-refractivity contribution < 1.29 is 14.3 Å². The third-order valence-corrected chi connectivity index (χ3v) is 2.68. The predicted octanol–water partition coefficient (Wildman–Crippen LogP) is 1.93. The molecule has 118 valence electrons. The number of aromatic nitrogens is 1. The van der Waals surface area contributed by atoms with E-state index in [4.69, 9.17) is 9.47 Å². The number of aliphatic imine (C=N–C) groups is 1. The first kappa shape index (κ1) is 19.1. The Morgan fingerprint density at radius 3 is 2.57 bits per heavy atom. The van der Waals surface area contributed by atoms with E-state index in [-0.39, 0.29) is 6.10 Å². The van der Waals surface area contributed by atoms with E-state index in [2.05, 4.69) is 9.98 Å². The molecule has 0 radical (unpaired) electrons. The minimum absolute atomic E-state index is 0.0386. The minimum Gasteiger partial charge on any atom is -0.476 e. The van der Waals surface area contributed by atoms with Gasteiger partial charge < -0.3 is 14.4 Å². The summed E-state index contributed by atoms with van der Waals surface area (Å²) in [5.74, 6) is 0. The van der Waals surface area contributed by atoms with Crippen LogP contribution in [-0.4, -0.2) is 56.5 Å². The number of methoxy groups -OCH3 is 1. The van der Waals surface area contributed by atoms with Gasteiger partial charge in [0.05, 0.1) is 6.61 Å². The Labute approximate surface area is 126 Å². The molecule has 0 bridgehead atoms. The summed E-state index contributed by atoms with van der Waals surface area (Å²) in [4.78, 5) is 19.4. The monoisotopic (exact) mass is 295 g/mol. The Hall–Kier alpha value is -1.95. The van der Waals surface area contributed by atoms with Crippen LogP contribution in [0.5, 0.6) is 0 Å². The maximum absolute atomic E-state index is 10.1. The number of pyridine rings is 1. The third kappa shape index (κ3) is 9.56. The highest BCUT2D eigenvalue weighted by molar-refractivity contribution is 5.46. The molecule has 1 heterocycles. The van der Waals surface area contributed by atoms with E-state index >= 15 is 0 Å². The van der Waals surface area contributed by atoms with Gasteiger partial charge in [0.25, 0.3) is 0 Å². The lowest BCUT2D eigenvalue weighted by Gasteiger charge is -2.12. The van der Waals surface area contributed by atoms with E-state index in [0.29, 0.717) is 13.2 Å². The van der Waals surface area contributed by atoms with Crippen molar-refractivity contribution in [2.45, 2.75) is 20.0 Å². The summed E-state index contributed by atoms with van der Waals surface area (Å²) in [7, 11) is 3.30. The van der Waals surface area contributed by atoms with Crippen LogP contribution in [0.2, 0.25) is 0 Å². The standard InChI is InChI=1S/C9H12N2O.C6H13NO2/c1-8(12-7-10-2)9-3-5-11-6-4-9;1-3-7(6-8)4-5-9-2/h3-8H,1-2H3;6H,3-5H2,1-2H3. The molecule has 1 unspecified atom stereocenters. The van der Waals surface area contributed by atoms with Gasteiger partial charge in [-0.3, -0.25) is 14.8 Å². The van der Waals surface area contributed by atoms with Gasteiger partial charge in [0, 0.05) is 39.6 Å². The largest absolute Gasteiger partial charge is 0.476 e. The molecule has 0 aliphatic rings. The fourth-order valence-electron chi connectivity index (χ4n) is 1.36. The van der Waals surface area contributed by atoms with Crippen molar-refractivity contribution in [3.05, 3.63) is 30.1 Å². The first-order valence-electron chi connectivity index (χ1n) is 6.83. The smallest absolute Gasteiger partial charge is 0.209 e. The first-order chi connectivity index (χ1) is 10.2. The SMILES string of the molecule is CCN(C=O)CCOC.CN=COC(C)c1ccncc1. The average molecular weight is 295 g/mol. The van der Waals surface area contributed by atoms with E-state index in [1.54, 1.807) is 31.5 Å². The number of carbonyl (C=O) groups excluding carboxylic acids is 1. The van der Waals surface area contributed by atoms with Gasteiger partial charge in [0.15, 0.2) is 6.40 Å². The summed E-state index contributed by atoms with van der Waals surface area (Å²) in [6.07, 6.45) is 5.82. The minimum atomic E-state index is 0.0386. The van der Waals surface area contributed by atoms with Crippen molar-refractivity contribution >= 4 is 12.8 Å². The summed E-state index contributed by atoms with van der Waals surface area (Å²) >= 11 is 0. The molecule has 0 fully saturated rings. The van der Waals surface area contributed by atoms with Gasteiger partial charge in [-0.25, -0.2) is 0 Å². The Kier molecular flexibility index (Phi) is 11.8. The van der Waals surface area contributed by atoms with Crippen LogP contribution in [0.3, 0.4) is 0 Å². The van der Waals surface area contributed by atoms with Crippen LogP contribution in [0, 0.1) is 0 Å². The second-order valence-corrected chi connectivity index (χ2v) is 4.15. The maximum Gasteiger partial charge on any atom is 0.209 e. The van der Waals surface area contributed by atoms with Crippen LogP contribution in [0.15, 0.2) is 29.5 Å². The van der Waals surface area contributed by atoms with Gasteiger partial charge in [0.2, 0.25) is 6.41 Å². The highest BCUT2D eigenvalue weighted by Gasteiger charge is 2.02. The molecule has 0 spiro atoms. The van der Waals surface area contributed by atoms with E-state index < -0.39 is 0 Å². The van der Waals surface area contributed by atoms with Crippen molar-refractivity contribution in [2.75, 3.05) is 33.9 Å². The third-order valence-electron chi connectivity index (χ3n) is 2.68. The Morgan fingerprint density at radius 1 is 1.43 bits per heavy atom. The topological polar surface area (TPSA) is 64.0 Å². The molecule has 6 nitrogen and oxygen atoms in total. The van der Waals surface area contributed by atoms with E-state index in [0.717, 1.165) is 18.5 Å². The summed E-state index contributed by atoms with van der Waals surface area (Å²) in [6, 6.07) is 3.85. The van der Waals surface area contributed by atoms with Crippen molar-refractivity contribution in [3.63, 3.8) is 0 Å². The second-order valence-electron chi connectivity index (χ2n) is 4.15. The number of ether oxygens (including phenoxy) is 2. The number of likely N-dealkylation sites (N-methyl/N-ethyl adjacent to an activating group) is 1. The molecule has 0 saturated carbocycles. The normalized spacial score (nSPS) is 11.4. The van der Waals surface area contributed by atoms with Gasteiger partial charge in [-0.15, -0.1) is 0 Å². The quantitative estimate of drug-likeness (QED) is 0.417. The van der Waals surface area contributed by atoms with Crippen LogP contribution >= 0.6 is 0 Å². The first-order valence-corrected chi connectivity index (χ1v) is 6.83. The van der Waals surface area contributed by atoms with Gasteiger partial charge in [-0.1, -0.05) is 0 Å². The van der Waals surface area contributed by atoms with E-state index in [1.165, 1.54) is 6.40 Å². The molecule has 1 aromatic rings. The van der Waals surface area contributed by atoms with Crippen molar-refractivity contribution in [1.29, 1.82) is 0 Å². The van der Waals surface area contributed by atoms with E-state index in [9.17, 15) is 4.79 Å². The molecule has 0 aliphatic heterocycles. The fraction of sp³-hybridized carbons (Fsp3) is 0.533. The summed E-state index contributed by atoms with van der Waals surface area (Å²) < 4.78 is 10.0. The van der Waals surface area contributed by atoms with Crippen LogP contribution in [0.25, 0.3) is 0 Å². The Balaban J connectivity index is 0.000000400. The summed E-state index contributed by atoms with van der Waals surface area (Å²) in [5, 5.41) is 0. The molecule has 1 amide bonds. The Bertz CT molecular complexity index is 385. The molecular weight excluding hydrogens is 270 g/mol. The number of rotatable bonds is 8. The molecule has 6 heteroatoms. The molecule has 1 aromatic heterocycles. The van der Waals surface area contributed by atoms with Gasteiger partial charge in [0.1, 0.15) is 6.10 Å². The van der Waals surface area contributed by atoms with Gasteiger partial charge in [-0.05, 0) is 31.5 Å². The summed E-state index contributed by atoms with van der Waals surface area (Å²) in [5.41, 5.74) is 1.10. The number of hydrogen-bond acceptors (Lipinski definition) is 5. The number of hydrogen-bond donors (Lipinski definition) is 0. The Morgan fingerprint density at radius 2 is 2.10 bits per heavy atom. The molecule has 0 saturated heterocycles. The number of nitrogens with zero attached hydrogens (tertiary/aromatic N) is 3. The molecular formula is C15H25N3O3. The van der Waals surface area contributed by atoms with Crippen molar-refractivity contribution in [2.24, 2.45) is 4.99 Å². The second kappa shape index (κ2) is 13.1. The van der Waals surface area contributed by atoms with Gasteiger partial charge in [-0.2, -0.15) is 0 Å². The van der Waals surface area contributed by atoms with Crippen LogP contribution in [0.4, 0.5) is 0 Å². The summed E-state index contributed by atoms with van der Waals surface area (Å²) in [6.45, 7) is 5.97. The van der Waals surface area contributed by atoms with Crippen molar-refractivity contribution in [3.8, 4) is 0 Å². The van der Waals surface area contributed by atoms with Gasteiger partial charge >= 0.3 is 0 Å². The van der Waals surface area contributed by atoms with Crippen LogP contribution in [-0.2, 0) is 14.3 Å². The van der Waals surface area contributed by atoms with Crippen LogP contribution < -0.4 is 0 Å². The van der Waals surface area contributed by atoms with E-state index in [1.807, 2.05) is 26.0 Å².